The smallest absolute Gasteiger partial charge is 0.321 e. The number of carboxylic acids is 1. The van der Waals surface area contributed by atoms with Crippen molar-refractivity contribution in [2.24, 2.45) is 0 Å². The van der Waals surface area contributed by atoms with Crippen LogP contribution in [0, 0.1) is 0 Å². The van der Waals surface area contributed by atoms with Gasteiger partial charge in [0.05, 0.1) is 16.0 Å². The minimum Gasteiger partial charge on any atom is -0.480 e. The van der Waals surface area contributed by atoms with Crippen LogP contribution in [-0.4, -0.2) is 48.8 Å². The maximum atomic E-state index is 12.8. The first-order valence-corrected chi connectivity index (χ1v) is 12.3. The number of ether oxygens (including phenoxy) is 1. The molecule has 2 amide bonds. The van der Waals surface area contributed by atoms with Gasteiger partial charge >= 0.3 is 5.97 Å². The van der Waals surface area contributed by atoms with Crippen LogP contribution in [0.15, 0.2) is 83.8 Å². The van der Waals surface area contributed by atoms with Crippen LogP contribution < -0.4 is 9.46 Å². The third-order valence-corrected chi connectivity index (χ3v) is 6.95. The standard InChI is InChI=1S/C25H22N2O7S/c28-23-20-9-4-5-10-21(20)24(29)27(23)16-6-11-22(25(30)31)26-35(32,33)19-14-12-18(13-15-19)34-17-7-2-1-3-8-17/h1-5,7-10,12-15,22,26H,6,11,16H2,(H,30,31). The van der Waals surface area contributed by atoms with Crippen LogP contribution in [0.4, 0.5) is 0 Å². The van der Waals surface area contributed by atoms with E-state index in [-0.39, 0.29) is 24.3 Å². The second-order valence-electron chi connectivity index (χ2n) is 7.85. The number of nitrogens with zero attached hydrogens (tertiary/aromatic N) is 1. The summed E-state index contributed by atoms with van der Waals surface area (Å²) in [6, 6.07) is 19.5. The molecule has 1 unspecified atom stereocenters. The molecule has 1 aliphatic heterocycles. The number of benzene rings is 3. The Balaban J connectivity index is 1.37. The van der Waals surface area contributed by atoms with E-state index >= 15 is 0 Å². The zero-order valence-electron chi connectivity index (χ0n) is 18.5. The highest BCUT2D eigenvalue weighted by atomic mass is 32.2. The van der Waals surface area contributed by atoms with E-state index in [1.807, 2.05) is 6.07 Å². The van der Waals surface area contributed by atoms with E-state index in [0.29, 0.717) is 22.6 Å². The predicted molar refractivity (Wildman–Crippen MR) is 126 cm³/mol. The van der Waals surface area contributed by atoms with E-state index in [4.69, 9.17) is 4.74 Å². The molecule has 0 saturated heterocycles. The number of rotatable bonds is 10. The summed E-state index contributed by atoms with van der Waals surface area (Å²) < 4.78 is 33.3. The van der Waals surface area contributed by atoms with Gasteiger partial charge < -0.3 is 9.84 Å². The molecule has 1 heterocycles. The Labute approximate surface area is 202 Å². The summed E-state index contributed by atoms with van der Waals surface area (Å²) in [5, 5.41) is 9.54. The van der Waals surface area contributed by atoms with Gasteiger partial charge in [-0.3, -0.25) is 19.3 Å². The van der Waals surface area contributed by atoms with E-state index < -0.39 is 33.8 Å². The molecule has 0 aliphatic carbocycles. The van der Waals surface area contributed by atoms with Gasteiger partial charge in [-0.1, -0.05) is 30.3 Å². The second-order valence-corrected chi connectivity index (χ2v) is 9.56. The first-order chi connectivity index (χ1) is 16.8. The first kappa shape index (κ1) is 24.1. The highest BCUT2D eigenvalue weighted by Crippen LogP contribution is 2.24. The summed E-state index contributed by atoms with van der Waals surface area (Å²) in [5.41, 5.74) is 0.598. The zero-order chi connectivity index (χ0) is 25.0. The van der Waals surface area contributed by atoms with Gasteiger partial charge in [0, 0.05) is 6.54 Å². The quantitative estimate of drug-likeness (QED) is 0.414. The van der Waals surface area contributed by atoms with Gasteiger partial charge in [-0.25, -0.2) is 8.42 Å². The maximum absolute atomic E-state index is 12.8. The Morgan fingerprint density at radius 3 is 1.97 bits per heavy atom. The summed E-state index contributed by atoms with van der Waals surface area (Å²) in [4.78, 5) is 37.5. The summed E-state index contributed by atoms with van der Waals surface area (Å²) in [6.07, 6.45) is -0.00796. The Bertz CT molecular complexity index is 1320. The topological polar surface area (TPSA) is 130 Å². The van der Waals surface area contributed by atoms with Crippen molar-refractivity contribution >= 4 is 27.8 Å². The number of fused-ring (bicyclic) bond motifs is 1. The summed E-state index contributed by atoms with van der Waals surface area (Å²) in [7, 11) is -4.14. The van der Waals surface area contributed by atoms with E-state index in [2.05, 4.69) is 4.72 Å². The first-order valence-electron chi connectivity index (χ1n) is 10.8. The van der Waals surface area contributed by atoms with Crippen molar-refractivity contribution < 1.29 is 32.6 Å². The Kier molecular flexibility index (Phi) is 6.94. The van der Waals surface area contributed by atoms with Crippen LogP contribution in [0.3, 0.4) is 0 Å². The summed E-state index contributed by atoms with van der Waals surface area (Å²) in [5.74, 6) is -1.25. The van der Waals surface area contributed by atoms with E-state index in [0.717, 1.165) is 4.90 Å². The lowest BCUT2D eigenvalue weighted by Crippen LogP contribution is -2.41. The molecule has 0 radical (unpaired) electrons. The van der Waals surface area contributed by atoms with Gasteiger partial charge in [0.15, 0.2) is 0 Å². The minimum atomic E-state index is -4.14. The number of hydrogen-bond donors (Lipinski definition) is 2. The molecule has 35 heavy (non-hydrogen) atoms. The Hall–Kier alpha value is -4.02. The Morgan fingerprint density at radius 2 is 1.40 bits per heavy atom. The average Bonchev–Trinajstić information content (AvgIpc) is 3.09. The molecule has 0 spiro atoms. The van der Waals surface area contributed by atoms with Crippen LogP contribution in [0.25, 0.3) is 0 Å². The molecular weight excluding hydrogens is 472 g/mol. The largest absolute Gasteiger partial charge is 0.480 e. The van der Waals surface area contributed by atoms with Gasteiger partial charge in [-0.2, -0.15) is 4.72 Å². The van der Waals surface area contributed by atoms with Crippen LogP contribution >= 0.6 is 0 Å². The number of para-hydroxylation sites is 1. The molecule has 0 bridgehead atoms. The highest BCUT2D eigenvalue weighted by molar-refractivity contribution is 7.89. The molecule has 1 atom stereocenters. The number of carbonyl (C=O) groups is 3. The van der Waals surface area contributed by atoms with Gasteiger partial charge in [-0.15, -0.1) is 0 Å². The van der Waals surface area contributed by atoms with E-state index in [9.17, 15) is 27.9 Å². The van der Waals surface area contributed by atoms with Crippen molar-refractivity contribution in [3.63, 3.8) is 0 Å². The molecule has 0 fully saturated rings. The van der Waals surface area contributed by atoms with Crippen molar-refractivity contribution in [2.75, 3.05) is 6.54 Å². The molecule has 3 aromatic carbocycles. The van der Waals surface area contributed by atoms with Crippen molar-refractivity contribution in [3.05, 3.63) is 90.0 Å². The lowest BCUT2D eigenvalue weighted by Gasteiger charge is -2.17. The second kappa shape index (κ2) is 10.1. The lowest BCUT2D eigenvalue weighted by atomic mass is 10.1. The van der Waals surface area contributed by atoms with E-state index in [1.165, 1.54) is 24.3 Å². The summed E-state index contributed by atoms with van der Waals surface area (Å²) in [6.45, 7) is -0.0244. The minimum absolute atomic E-state index is 0.0244. The van der Waals surface area contributed by atoms with Crippen molar-refractivity contribution in [2.45, 2.75) is 23.8 Å². The number of carboxylic acid groups (broad SMARTS) is 1. The highest BCUT2D eigenvalue weighted by Gasteiger charge is 2.35. The van der Waals surface area contributed by atoms with Crippen LogP contribution in [0.1, 0.15) is 33.6 Å². The van der Waals surface area contributed by atoms with Crippen LogP contribution in [0.5, 0.6) is 11.5 Å². The maximum Gasteiger partial charge on any atom is 0.321 e. The molecule has 1 aliphatic rings. The normalized spacial score (nSPS) is 14.0. The molecule has 2 N–H and O–H groups in total. The fraction of sp³-hybridized carbons (Fsp3) is 0.160. The van der Waals surface area contributed by atoms with Crippen molar-refractivity contribution in [1.82, 2.24) is 9.62 Å². The molecule has 3 aromatic rings. The molecule has 0 saturated carbocycles. The number of carbonyl (C=O) groups excluding carboxylic acids is 2. The Morgan fingerprint density at radius 1 is 0.857 bits per heavy atom. The molecule has 180 valence electrons. The lowest BCUT2D eigenvalue weighted by molar-refractivity contribution is -0.139. The SMILES string of the molecule is O=C(O)C(CCCN1C(=O)c2ccccc2C1=O)NS(=O)(=O)c1ccc(Oc2ccccc2)cc1. The van der Waals surface area contributed by atoms with Gasteiger partial charge in [0.25, 0.3) is 11.8 Å². The zero-order valence-corrected chi connectivity index (χ0v) is 19.3. The number of amides is 2. The average molecular weight is 495 g/mol. The van der Waals surface area contributed by atoms with Gasteiger partial charge in [0.1, 0.15) is 17.5 Å². The number of sulfonamides is 1. The molecular formula is C25H22N2O7S. The monoisotopic (exact) mass is 494 g/mol. The fourth-order valence-corrected chi connectivity index (χ4v) is 4.92. The number of hydrogen-bond acceptors (Lipinski definition) is 6. The van der Waals surface area contributed by atoms with Crippen LogP contribution in [0.2, 0.25) is 0 Å². The van der Waals surface area contributed by atoms with Crippen molar-refractivity contribution in [1.29, 1.82) is 0 Å². The fourth-order valence-electron chi connectivity index (χ4n) is 3.70. The molecule has 9 nitrogen and oxygen atoms in total. The van der Waals surface area contributed by atoms with E-state index in [1.54, 1.807) is 48.5 Å². The molecule has 0 aromatic heterocycles. The summed E-state index contributed by atoms with van der Waals surface area (Å²) >= 11 is 0. The third kappa shape index (κ3) is 5.39. The van der Waals surface area contributed by atoms with Gasteiger partial charge in [0.2, 0.25) is 10.0 Å². The molecule has 10 heteroatoms. The molecule has 4 rings (SSSR count). The third-order valence-electron chi connectivity index (χ3n) is 5.46. The number of imide groups is 1. The predicted octanol–water partition coefficient (Wildman–Crippen LogP) is 3.29. The van der Waals surface area contributed by atoms with Gasteiger partial charge in [-0.05, 0) is 61.4 Å². The van der Waals surface area contributed by atoms with Crippen LogP contribution in [-0.2, 0) is 14.8 Å². The van der Waals surface area contributed by atoms with Crippen molar-refractivity contribution in [3.8, 4) is 11.5 Å². The number of nitrogens with one attached hydrogen (secondary N) is 1. The number of aliphatic carboxylic acids is 1.